The maximum Gasteiger partial charge on any atom is 0.320 e. The van der Waals surface area contributed by atoms with Crippen molar-refractivity contribution < 1.29 is 9.72 Å². The Morgan fingerprint density at radius 1 is 1.43 bits per heavy atom. The molecule has 0 aliphatic rings. The van der Waals surface area contributed by atoms with E-state index >= 15 is 0 Å². The van der Waals surface area contributed by atoms with Crippen LogP contribution in [0.3, 0.4) is 0 Å². The number of para-hydroxylation sites is 1. The number of halogens is 2. The van der Waals surface area contributed by atoms with Gasteiger partial charge in [0.05, 0.1) is 20.7 Å². The molecule has 9 heteroatoms. The fraction of sp³-hybridized carbons (Fsp3) is 0.167. The summed E-state index contributed by atoms with van der Waals surface area (Å²) in [6, 6.07) is 4.72. The molecule has 0 radical (unpaired) electrons. The van der Waals surface area contributed by atoms with Gasteiger partial charge in [0.2, 0.25) is 5.69 Å². The van der Waals surface area contributed by atoms with E-state index in [1.807, 2.05) is 0 Å². The first-order valence-electron chi connectivity index (χ1n) is 5.91. The van der Waals surface area contributed by atoms with Gasteiger partial charge in [-0.15, -0.1) is 0 Å². The van der Waals surface area contributed by atoms with Crippen LogP contribution in [-0.2, 0) is 6.54 Å². The van der Waals surface area contributed by atoms with E-state index in [4.69, 9.17) is 23.2 Å². The second-order valence-corrected chi connectivity index (χ2v) is 4.82. The standard InChI is InChI=1S/C12H10Cl2N4O3/c1-2-17-11(9(6-15-17)18(20)21)12(19)16-10-7(13)4-3-5-8(10)14/h3-6H,2H2,1H3,(H,16,19). The van der Waals surface area contributed by atoms with Crippen molar-refractivity contribution in [2.24, 2.45) is 0 Å². The molecule has 21 heavy (non-hydrogen) atoms. The van der Waals surface area contributed by atoms with Crippen molar-refractivity contribution in [1.82, 2.24) is 9.78 Å². The second kappa shape index (κ2) is 6.11. The van der Waals surface area contributed by atoms with E-state index in [-0.39, 0.29) is 27.1 Å². The molecule has 0 spiro atoms. The number of rotatable bonds is 4. The van der Waals surface area contributed by atoms with Crippen LogP contribution in [0.2, 0.25) is 10.0 Å². The summed E-state index contributed by atoms with van der Waals surface area (Å²) in [5.41, 5.74) is -0.333. The van der Waals surface area contributed by atoms with Gasteiger partial charge >= 0.3 is 5.69 Å². The van der Waals surface area contributed by atoms with Gasteiger partial charge in [-0.25, -0.2) is 0 Å². The van der Waals surface area contributed by atoms with E-state index in [0.29, 0.717) is 6.54 Å². The second-order valence-electron chi connectivity index (χ2n) is 4.00. The number of amides is 1. The van der Waals surface area contributed by atoms with E-state index in [0.717, 1.165) is 6.20 Å². The van der Waals surface area contributed by atoms with Crippen molar-refractivity contribution in [2.75, 3.05) is 5.32 Å². The number of hydrogen-bond donors (Lipinski definition) is 1. The van der Waals surface area contributed by atoms with E-state index in [1.54, 1.807) is 25.1 Å². The van der Waals surface area contributed by atoms with Crippen LogP contribution in [0.15, 0.2) is 24.4 Å². The van der Waals surface area contributed by atoms with Gasteiger partial charge in [0.1, 0.15) is 6.20 Å². The Morgan fingerprint density at radius 3 is 2.57 bits per heavy atom. The Labute approximate surface area is 129 Å². The molecule has 0 bridgehead atoms. The predicted molar refractivity (Wildman–Crippen MR) is 79.0 cm³/mol. The number of hydrogen-bond acceptors (Lipinski definition) is 4. The molecule has 1 amide bonds. The minimum atomic E-state index is -0.698. The summed E-state index contributed by atoms with van der Waals surface area (Å²) in [4.78, 5) is 22.6. The summed E-state index contributed by atoms with van der Waals surface area (Å²) >= 11 is 11.9. The van der Waals surface area contributed by atoms with Gasteiger partial charge in [0.25, 0.3) is 5.91 Å². The van der Waals surface area contributed by atoms with Crippen molar-refractivity contribution >= 4 is 40.5 Å². The number of nitrogens with one attached hydrogen (secondary N) is 1. The number of nitro groups is 1. The van der Waals surface area contributed by atoms with E-state index < -0.39 is 10.8 Å². The molecule has 2 aromatic rings. The number of benzene rings is 1. The summed E-state index contributed by atoms with van der Waals surface area (Å²) in [5.74, 6) is -0.698. The van der Waals surface area contributed by atoms with Gasteiger partial charge in [0.15, 0.2) is 0 Å². The highest BCUT2D eigenvalue weighted by atomic mass is 35.5. The topological polar surface area (TPSA) is 90.1 Å². The summed E-state index contributed by atoms with van der Waals surface area (Å²) in [6.45, 7) is 2.03. The minimum Gasteiger partial charge on any atom is -0.318 e. The largest absolute Gasteiger partial charge is 0.320 e. The van der Waals surface area contributed by atoms with Crippen molar-refractivity contribution in [3.8, 4) is 0 Å². The first-order chi connectivity index (χ1) is 9.95. The summed E-state index contributed by atoms with van der Waals surface area (Å²) in [7, 11) is 0. The summed E-state index contributed by atoms with van der Waals surface area (Å²) in [5, 5.41) is 17.7. The van der Waals surface area contributed by atoms with Gasteiger partial charge < -0.3 is 5.32 Å². The Hall–Kier alpha value is -2.12. The highest BCUT2D eigenvalue weighted by molar-refractivity contribution is 6.40. The van der Waals surface area contributed by atoms with Crippen molar-refractivity contribution in [3.63, 3.8) is 0 Å². The van der Waals surface area contributed by atoms with Gasteiger partial charge in [-0.3, -0.25) is 19.6 Å². The predicted octanol–water partition coefficient (Wildman–Crippen LogP) is 3.37. The van der Waals surface area contributed by atoms with E-state index in [2.05, 4.69) is 10.4 Å². The molecule has 0 unspecified atom stereocenters. The maximum absolute atomic E-state index is 12.3. The number of aryl methyl sites for hydroxylation is 1. The highest BCUT2D eigenvalue weighted by Gasteiger charge is 2.27. The number of aromatic nitrogens is 2. The Bertz CT molecular complexity index is 694. The third kappa shape index (κ3) is 2.98. The molecule has 0 saturated heterocycles. The zero-order chi connectivity index (χ0) is 15.6. The minimum absolute atomic E-state index is 0.154. The molecule has 2 rings (SSSR count). The van der Waals surface area contributed by atoms with Crippen molar-refractivity contribution in [1.29, 1.82) is 0 Å². The lowest BCUT2D eigenvalue weighted by Gasteiger charge is -2.09. The smallest absolute Gasteiger partial charge is 0.318 e. The number of nitrogens with zero attached hydrogens (tertiary/aromatic N) is 3. The van der Waals surface area contributed by atoms with Crippen LogP contribution in [0.1, 0.15) is 17.4 Å². The zero-order valence-corrected chi connectivity index (χ0v) is 12.4. The summed E-state index contributed by atoms with van der Waals surface area (Å²) in [6.07, 6.45) is 1.03. The molecule has 0 fully saturated rings. The van der Waals surface area contributed by atoms with Gasteiger partial charge in [-0.05, 0) is 19.1 Å². The molecule has 0 aliphatic carbocycles. The molecule has 7 nitrogen and oxygen atoms in total. The maximum atomic E-state index is 12.3. The van der Waals surface area contributed by atoms with Gasteiger partial charge in [-0.1, -0.05) is 29.3 Å². The normalized spacial score (nSPS) is 10.4. The fourth-order valence-corrected chi connectivity index (χ4v) is 2.26. The highest BCUT2D eigenvalue weighted by Crippen LogP contribution is 2.31. The summed E-state index contributed by atoms with van der Waals surface area (Å²) < 4.78 is 1.23. The van der Waals surface area contributed by atoms with Crippen LogP contribution in [0, 0.1) is 10.1 Å². The van der Waals surface area contributed by atoms with E-state index in [1.165, 1.54) is 4.68 Å². The van der Waals surface area contributed by atoms with Crippen LogP contribution in [0.5, 0.6) is 0 Å². The first kappa shape index (κ1) is 15.3. The molecule has 1 heterocycles. The Balaban J connectivity index is 2.41. The third-order valence-electron chi connectivity index (χ3n) is 2.73. The quantitative estimate of drug-likeness (QED) is 0.688. The van der Waals surface area contributed by atoms with Crippen LogP contribution >= 0.6 is 23.2 Å². The molecule has 110 valence electrons. The zero-order valence-electron chi connectivity index (χ0n) is 10.8. The molecule has 0 atom stereocenters. The molecular formula is C12H10Cl2N4O3. The Morgan fingerprint density at radius 2 is 2.05 bits per heavy atom. The SMILES string of the molecule is CCn1ncc([N+](=O)[O-])c1C(=O)Nc1c(Cl)cccc1Cl. The average molecular weight is 329 g/mol. The molecule has 1 aromatic heterocycles. The molecule has 1 N–H and O–H groups in total. The van der Waals surface area contributed by atoms with E-state index in [9.17, 15) is 14.9 Å². The molecule has 0 aliphatic heterocycles. The first-order valence-corrected chi connectivity index (χ1v) is 6.66. The average Bonchev–Trinajstić information content (AvgIpc) is 2.87. The lowest BCUT2D eigenvalue weighted by Crippen LogP contribution is -2.19. The fourth-order valence-electron chi connectivity index (χ4n) is 1.77. The number of carbonyl (C=O) groups excluding carboxylic acids is 1. The lowest BCUT2D eigenvalue weighted by molar-refractivity contribution is -0.385. The van der Waals surface area contributed by atoms with Crippen LogP contribution in [0.25, 0.3) is 0 Å². The number of carbonyl (C=O) groups is 1. The van der Waals surface area contributed by atoms with Gasteiger partial charge in [0, 0.05) is 6.54 Å². The van der Waals surface area contributed by atoms with Crippen LogP contribution in [0.4, 0.5) is 11.4 Å². The monoisotopic (exact) mass is 328 g/mol. The Kier molecular flexibility index (Phi) is 4.44. The van der Waals surface area contributed by atoms with Crippen molar-refractivity contribution in [3.05, 3.63) is 50.2 Å². The van der Waals surface area contributed by atoms with Crippen LogP contribution in [-0.4, -0.2) is 20.6 Å². The van der Waals surface area contributed by atoms with Gasteiger partial charge in [-0.2, -0.15) is 5.10 Å². The third-order valence-corrected chi connectivity index (χ3v) is 3.36. The lowest BCUT2D eigenvalue weighted by atomic mass is 10.3. The molecule has 0 saturated carbocycles. The molecular weight excluding hydrogens is 319 g/mol. The van der Waals surface area contributed by atoms with Crippen molar-refractivity contribution in [2.45, 2.75) is 13.5 Å². The number of anilines is 1. The molecule has 1 aromatic carbocycles. The van der Waals surface area contributed by atoms with Crippen LogP contribution < -0.4 is 5.32 Å².